The predicted molar refractivity (Wildman–Crippen MR) is 163 cm³/mol. The second-order valence-electron chi connectivity index (χ2n) is 16.5. The molecule has 5 aliphatic rings. The van der Waals surface area contributed by atoms with Crippen molar-refractivity contribution in [3.05, 3.63) is 47.3 Å². The van der Waals surface area contributed by atoms with Crippen LogP contribution in [0, 0.1) is 62.5 Å². The zero-order valence-electron chi connectivity index (χ0n) is 26.7. The number of fused-ring (bicyclic) bond motifs is 7. The fourth-order valence-corrected chi connectivity index (χ4v) is 11.9. The minimum Gasteiger partial charge on any atom is -0.393 e. The lowest BCUT2D eigenvalue weighted by Crippen LogP contribution is -2.66. The van der Waals surface area contributed by atoms with Gasteiger partial charge in [0.15, 0.2) is 0 Å². The molecule has 10 atom stereocenters. The van der Waals surface area contributed by atoms with Gasteiger partial charge in [0.2, 0.25) is 5.91 Å². The van der Waals surface area contributed by atoms with E-state index in [2.05, 4.69) is 59.9 Å². The highest BCUT2D eigenvalue weighted by atomic mass is 19.1. The minimum absolute atomic E-state index is 0.0476. The molecule has 0 spiro atoms. The Morgan fingerprint density at radius 3 is 2.46 bits per heavy atom. The number of allylic oxidation sites excluding steroid dienone is 2. The first-order valence-corrected chi connectivity index (χ1v) is 16.6. The first-order valence-electron chi connectivity index (χ1n) is 16.6. The Bertz CT molecular complexity index is 1240. The van der Waals surface area contributed by atoms with E-state index < -0.39 is 0 Å². The molecule has 2 N–H and O–H groups in total. The Morgan fingerprint density at radius 2 is 1.73 bits per heavy atom. The summed E-state index contributed by atoms with van der Waals surface area (Å²) in [5.41, 5.74) is 2.46. The number of nitrogens with one attached hydrogen (secondary N) is 1. The Hall–Kier alpha value is -1.68. The molecule has 4 heteroatoms. The van der Waals surface area contributed by atoms with Crippen molar-refractivity contribution in [2.75, 3.05) is 0 Å². The van der Waals surface area contributed by atoms with Crippen LogP contribution in [-0.2, 0) is 11.3 Å². The smallest absolute Gasteiger partial charge is 0.227 e. The lowest BCUT2D eigenvalue weighted by atomic mass is 9.33. The number of carbonyl (C=O) groups is 1. The second kappa shape index (κ2) is 9.66. The van der Waals surface area contributed by atoms with Gasteiger partial charge in [-0.05, 0) is 127 Å². The normalized spacial score (nSPS) is 46.7. The van der Waals surface area contributed by atoms with Crippen LogP contribution in [0.25, 0.3) is 0 Å². The number of carbonyl (C=O) groups excluding carboxylic acids is 1. The zero-order chi connectivity index (χ0) is 29.6. The monoisotopic (exact) mass is 563 g/mol. The molecule has 4 saturated carbocycles. The van der Waals surface area contributed by atoms with Crippen molar-refractivity contribution in [1.82, 2.24) is 5.32 Å². The van der Waals surface area contributed by atoms with Crippen LogP contribution in [-0.4, -0.2) is 17.1 Å². The highest BCUT2D eigenvalue weighted by Gasteiger charge is 2.69. The SMILES string of the molecule is C[C@H]1[C@H](C)CC[C@]2(C(=O)NCc3cccc(F)c3)CC[C@]3(C)C(=CC[C@@H]4[C@@]5(C)CC[C@H](O)C(C)(C)[C@@H]5CC[C@]43C)[C@H]12. The van der Waals surface area contributed by atoms with Gasteiger partial charge in [-0.3, -0.25) is 4.79 Å². The van der Waals surface area contributed by atoms with Gasteiger partial charge in [-0.15, -0.1) is 0 Å². The fourth-order valence-electron chi connectivity index (χ4n) is 11.9. The summed E-state index contributed by atoms with van der Waals surface area (Å²) < 4.78 is 13.9. The highest BCUT2D eigenvalue weighted by Crippen LogP contribution is 2.75. The number of rotatable bonds is 3. The van der Waals surface area contributed by atoms with Gasteiger partial charge in [-0.2, -0.15) is 0 Å². The third-order valence-electron chi connectivity index (χ3n) is 14.8. The van der Waals surface area contributed by atoms with Gasteiger partial charge < -0.3 is 10.4 Å². The molecule has 0 aliphatic heterocycles. The molecule has 0 saturated heterocycles. The van der Waals surface area contributed by atoms with Crippen LogP contribution < -0.4 is 5.32 Å². The Labute approximate surface area is 248 Å². The fraction of sp³-hybridized carbons (Fsp3) is 0.757. The molecule has 1 aromatic carbocycles. The van der Waals surface area contributed by atoms with Crippen LogP contribution in [0.1, 0.15) is 112 Å². The molecule has 4 fully saturated rings. The zero-order valence-corrected chi connectivity index (χ0v) is 26.7. The van der Waals surface area contributed by atoms with Gasteiger partial charge in [0.05, 0.1) is 11.5 Å². The maximum Gasteiger partial charge on any atom is 0.227 e. The van der Waals surface area contributed by atoms with Crippen molar-refractivity contribution in [1.29, 1.82) is 0 Å². The molecule has 0 heterocycles. The molecule has 41 heavy (non-hydrogen) atoms. The summed E-state index contributed by atoms with van der Waals surface area (Å²) in [6.45, 7) is 17.6. The second-order valence-corrected chi connectivity index (χ2v) is 16.5. The van der Waals surface area contributed by atoms with E-state index in [1.165, 1.54) is 25.0 Å². The van der Waals surface area contributed by atoms with E-state index in [9.17, 15) is 14.3 Å². The van der Waals surface area contributed by atoms with Crippen LogP contribution in [0.2, 0.25) is 0 Å². The van der Waals surface area contributed by atoms with Crippen LogP contribution in [0.3, 0.4) is 0 Å². The van der Waals surface area contributed by atoms with Gasteiger partial charge in [-0.1, -0.05) is 72.2 Å². The minimum atomic E-state index is -0.383. The van der Waals surface area contributed by atoms with Crippen molar-refractivity contribution in [2.24, 2.45) is 56.7 Å². The van der Waals surface area contributed by atoms with Crippen LogP contribution >= 0.6 is 0 Å². The van der Waals surface area contributed by atoms with Crippen molar-refractivity contribution in [2.45, 2.75) is 119 Å². The molecule has 1 aromatic rings. The van der Waals surface area contributed by atoms with Gasteiger partial charge in [0.1, 0.15) is 5.82 Å². The van der Waals surface area contributed by atoms with E-state index in [4.69, 9.17) is 0 Å². The van der Waals surface area contributed by atoms with Crippen LogP contribution in [0.5, 0.6) is 0 Å². The van der Waals surface area contributed by atoms with E-state index in [1.807, 2.05) is 6.07 Å². The number of amides is 1. The molecule has 226 valence electrons. The molecular weight excluding hydrogens is 509 g/mol. The van der Waals surface area contributed by atoms with Gasteiger partial charge in [0.25, 0.3) is 0 Å². The van der Waals surface area contributed by atoms with Crippen molar-refractivity contribution >= 4 is 5.91 Å². The molecular formula is C37H54FNO2. The quantitative estimate of drug-likeness (QED) is 0.363. The third kappa shape index (κ3) is 4.01. The van der Waals surface area contributed by atoms with Crippen molar-refractivity contribution in [3.63, 3.8) is 0 Å². The number of hydrogen-bond donors (Lipinski definition) is 2. The molecule has 0 aromatic heterocycles. The first-order chi connectivity index (χ1) is 19.2. The molecule has 6 rings (SSSR count). The van der Waals surface area contributed by atoms with Crippen LogP contribution in [0.15, 0.2) is 35.9 Å². The average Bonchev–Trinajstić information content (AvgIpc) is 2.92. The first kappa shape index (κ1) is 29.4. The van der Waals surface area contributed by atoms with Crippen LogP contribution in [0.4, 0.5) is 4.39 Å². The summed E-state index contributed by atoms with van der Waals surface area (Å²) in [6.07, 6.45) is 12.0. The molecule has 0 radical (unpaired) electrons. The molecule has 1 amide bonds. The highest BCUT2D eigenvalue weighted by molar-refractivity contribution is 5.84. The average molecular weight is 564 g/mol. The molecule has 3 nitrogen and oxygen atoms in total. The number of benzene rings is 1. The topological polar surface area (TPSA) is 49.3 Å². The maximum atomic E-state index is 14.3. The van der Waals surface area contributed by atoms with Gasteiger partial charge >= 0.3 is 0 Å². The van der Waals surface area contributed by atoms with E-state index >= 15 is 0 Å². The van der Waals surface area contributed by atoms with Gasteiger partial charge in [-0.25, -0.2) is 4.39 Å². The summed E-state index contributed by atoms with van der Waals surface area (Å²) in [5.74, 6) is 2.36. The number of halogens is 1. The molecule has 5 aliphatic carbocycles. The van der Waals surface area contributed by atoms with Crippen molar-refractivity contribution in [3.8, 4) is 0 Å². The lowest BCUT2D eigenvalue weighted by Gasteiger charge is -2.71. The Balaban J connectivity index is 1.36. The number of aliphatic hydroxyl groups is 1. The Kier molecular flexibility index (Phi) is 6.93. The molecule has 0 bridgehead atoms. The summed E-state index contributed by atoms with van der Waals surface area (Å²) in [7, 11) is 0. The number of aliphatic hydroxyl groups excluding tert-OH is 1. The lowest BCUT2D eigenvalue weighted by molar-refractivity contribution is -0.204. The van der Waals surface area contributed by atoms with Gasteiger partial charge in [0, 0.05) is 6.54 Å². The third-order valence-corrected chi connectivity index (χ3v) is 14.8. The maximum absolute atomic E-state index is 14.3. The predicted octanol–water partition coefficient (Wildman–Crippen LogP) is 8.46. The van der Waals surface area contributed by atoms with E-state index in [-0.39, 0.29) is 50.8 Å². The van der Waals surface area contributed by atoms with E-state index in [0.29, 0.717) is 30.2 Å². The molecule has 0 unspecified atom stereocenters. The Morgan fingerprint density at radius 1 is 0.976 bits per heavy atom. The largest absolute Gasteiger partial charge is 0.393 e. The summed E-state index contributed by atoms with van der Waals surface area (Å²) in [4.78, 5) is 14.3. The standard InChI is InChI=1S/C37H54FNO2/c1-23-13-18-37(32(41)39-22-25-9-8-10-26(38)21-25)20-19-35(6)27(31(37)24(23)2)11-12-29-34(5)16-15-30(40)33(3,4)28(34)14-17-36(29,35)7/h8-11,21,23-24,28-31,40H,12-20,22H2,1-7H3,(H,39,41)/t23-,24+,28+,29-,30+,31+,34+,35-,36-,37+/m1/s1. The van der Waals surface area contributed by atoms with E-state index in [0.717, 1.165) is 50.5 Å². The van der Waals surface area contributed by atoms with Crippen molar-refractivity contribution < 1.29 is 14.3 Å². The summed E-state index contributed by atoms with van der Waals surface area (Å²) >= 11 is 0. The number of hydrogen-bond acceptors (Lipinski definition) is 2. The van der Waals surface area contributed by atoms with E-state index in [1.54, 1.807) is 11.6 Å². The summed E-state index contributed by atoms with van der Waals surface area (Å²) in [5, 5.41) is 14.3. The summed E-state index contributed by atoms with van der Waals surface area (Å²) in [6, 6.07) is 6.61.